The van der Waals surface area contributed by atoms with Crippen molar-refractivity contribution < 1.29 is 0 Å². The molecule has 1 unspecified atom stereocenters. The number of rotatable bonds is 5. The summed E-state index contributed by atoms with van der Waals surface area (Å²) in [6, 6.07) is 17.1. The van der Waals surface area contributed by atoms with Gasteiger partial charge in [0.1, 0.15) is 0 Å². The normalized spacial score (nSPS) is 12.4. The van der Waals surface area contributed by atoms with E-state index in [1.54, 1.807) is 0 Å². The fourth-order valence-corrected chi connectivity index (χ4v) is 2.39. The fourth-order valence-electron chi connectivity index (χ4n) is 2.39. The molecule has 0 heterocycles. The Morgan fingerprint density at radius 2 is 1.68 bits per heavy atom. The van der Waals surface area contributed by atoms with Crippen LogP contribution in [0, 0.1) is 6.92 Å². The van der Waals surface area contributed by atoms with Crippen molar-refractivity contribution in [2.75, 3.05) is 0 Å². The zero-order valence-corrected chi connectivity index (χ0v) is 11.9. The highest BCUT2D eigenvalue weighted by Crippen LogP contribution is 2.23. The molecule has 0 saturated heterocycles. The Labute approximate surface area is 116 Å². The molecular formula is C18H23N. The van der Waals surface area contributed by atoms with Gasteiger partial charge in [-0.05, 0) is 42.0 Å². The van der Waals surface area contributed by atoms with E-state index >= 15 is 0 Å². The van der Waals surface area contributed by atoms with Crippen LogP contribution in [0.4, 0.5) is 0 Å². The summed E-state index contributed by atoms with van der Waals surface area (Å²) in [6.45, 7) is 4.34. The molecule has 0 aliphatic rings. The third kappa shape index (κ3) is 3.45. The number of hydrogen-bond acceptors (Lipinski definition) is 1. The first-order valence-electron chi connectivity index (χ1n) is 7.12. The quantitative estimate of drug-likeness (QED) is 0.840. The van der Waals surface area contributed by atoms with Gasteiger partial charge >= 0.3 is 0 Å². The van der Waals surface area contributed by atoms with Crippen LogP contribution >= 0.6 is 0 Å². The van der Waals surface area contributed by atoms with E-state index in [-0.39, 0.29) is 6.04 Å². The van der Waals surface area contributed by atoms with Crippen molar-refractivity contribution in [1.29, 1.82) is 0 Å². The highest BCUT2D eigenvalue weighted by molar-refractivity contribution is 5.37. The molecule has 0 spiro atoms. The Kier molecular flexibility index (Phi) is 4.75. The summed E-state index contributed by atoms with van der Waals surface area (Å²) >= 11 is 0. The van der Waals surface area contributed by atoms with Crippen LogP contribution in [0.5, 0.6) is 0 Å². The summed E-state index contributed by atoms with van der Waals surface area (Å²) in [4.78, 5) is 0. The minimum Gasteiger partial charge on any atom is -0.320 e. The van der Waals surface area contributed by atoms with E-state index < -0.39 is 0 Å². The Balaban J connectivity index is 2.16. The zero-order valence-electron chi connectivity index (χ0n) is 11.9. The molecule has 2 N–H and O–H groups in total. The molecule has 0 fully saturated rings. The Hall–Kier alpha value is -1.60. The molecule has 1 nitrogen and oxygen atoms in total. The lowest BCUT2D eigenvalue weighted by atomic mass is 9.95. The second kappa shape index (κ2) is 6.53. The molecule has 2 aromatic carbocycles. The number of aryl methyl sites for hydroxylation is 2. The average Bonchev–Trinajstić information content (AvgIpc) is 2.45. The van der Waals surface area contributed by atoms with Gasteiger partial charge in [0.15, 0.2) is 0 Å². The predicted molar refractivity (Wildman–Crippen MR) is 82.3 cm³/mol. The van der Waals surface area contributed by atoms with Crippen LogP contribution in [0.15, 0.2) is 48.5 Å². The number of nitrogens with two attached hydrogens (primary N) is 1. The van der Waals surface area contributed by atoms with E-state index in [9.17, 15) is 0 Å². The van der Waals surface area contributed by atoms with Crippen LogP contribution in [0.25, 0.3) is 0 Å². The number of benzene rings is 2. The van der Waals surface area contributed by atoms with Crippen molar-refractivity contribution in [2.45, 2.75) is 39.2 Å². The van der Waals surface area contributed by atoms with Crippen LogP contribution in [-0.4, -0.2) is 0 Å². The largest absolute Gasteiger partial charge is 0.320 e. The van der Waals surface area contributed by atoms with Crippen molar-refractivity contribution in [2.24, 2.45) is 5.73 Å². The Bertz CT molecular complexity index is 513. The zero-order chi connectivity index (χ0) is 13.7. The molecule has 0 aliphatic heterocycles. The summed E-state index contributed by atoms with van der Waals surface area (Å²) in [6.07, 6.45) is 3.66. The molecule has 1 atom stereocenters. The van der Waals surface area contributed by atoms with Crippen molar-refractivity contribution >= 4 is 0 Å². The maximum absolute atomic E-state index is 6.37. The van der Waals surface area contributed by atoms with E-state index in [0.29, 0.717) is 0 Å². The maximum atomic E-state index is 6.37. The molecule has 100 valence electrons. The summed E-state index contributed by atoms with van der Waals surface area (Å²) in [5.41, 5.74) is 11.4. The minimum absolute atomic E-state index is 0.0265. The Morgan fingerprint density at radius 3 is 2.32 bits per heavy atom. The molecule has 2 rings (SSSR count). The first-order chi connectivity index (χ1) is 9.22. The van der Waals surface area contributed by atoms with Gasteiger partial charge in [0, 0.05) is 0 Å². The molecule has 0 bridgehead atoms. The SMILES string of the molecule is CCCCc1ccc(C(N)c2ccccc2C)cc1. The van der Waals surface area contributed by atoms with Gasteiger partial charge in [-0.1, -0.05) is 61.9 Å². The van der Waals surface area contributed by atoms with Gasteiger partial charge in [-0.2, -0.15) is 0 Å². The van der Waals surface area contributed by atoms with Crippen molar-refractivity contribution in [3.05, 3.63) is 70.8 Å². The summed E-state index contributed by atoms with van der Waals surface area (Å²) < 4.78 is 0. The lowest BCUT2D eigenvalue weighted by molar-refractivity contribution is 0.793. The van der Waals surface area contributed by atoms with Gasteiger partial charge < -0.3 is 5.73 Å². The second-order valence-corrected chi connectivity index (χ2v) is 5.18. The molecule has 0 saturated carbocycles. The van der Waals surface area contributed by atoms with Gasteiger partial charge in [0.25, 0.3) is 0 Å². The maximum Gasteiger partial charge on any atom is 0.0554 e. The third-order valence-corrected chi connectivity index (χ3v) is 3.68. The first kappa shape index (κ1) is 13.8. The molecule has 0 aliphatic carbocycles. The summed E-state index contributed by atoms with van der Waals surface area (Å²) in [5.74, 6) is 0. The predicted octanol–water partition coefficient (Wildman–Crippen LogP) is 4.39. The lowest BCUT2D eigenvalue weighted by Crippen LogP contribution is -2.13. The van der Waals surface area contributed by atoms with Crippen molar-refractivity contribution in [1.82, 2.24) is 0 Å². The van der Waals surface area contributed by atoms with Crippen molar-refractivity contribution in [3.63, 3.8) is 0 Å². The smallest absolute Gasteiger partial charge is 0.0554 e. The first-order valence-corrected chi connectivity index (χ1v) is 7.12. The molecule has 2 aromatic rings. The van der Waals surface area contributed by atoms with Crippen LogP contribution in [-0.2, 0) is 6.42 Å². The van der Waals surface area contributed by atoms with Crippen LogP contribution < -0.4 is 5.73 Å². The summed E-state index contributed by atoms with van der Waals surface area (Å²) in [7, 11) is 0. The number of hydrogen-bond donors (Lipinski definition) is 1. The standard InChI is InChI=1S/C18H23N/c1-3-4-8-15-10-12-16(13-11-15)18(19)17-9-6-5-7-14(17)2/h5-7,9-13,18H,3-4,8,19H2,1-2H3. The van der Waals surface area contributed by atoms with Gasteiger partial charge in [-0.3, -0.25) is 0 Å². The van der Waals surface area contributed by atoms with E-state index in [0.717, 1.165) is 6.42 Å². The monoisotopic (exact) mass is 253 g/mol. The Morgan fingerprint density at radius 1 is 1.00 bits per heavy atom. The number of unbranched alkanes of at least 4 members (excludes halogenated alkanes) is 1. The van der Waals surface area contributed by atoms with Gasteiger partial charge in [-0.25, -0.2) is 0 Å². The van der Waals surface area contributed by atoms with E-state index in [1.165, 1.54) is 35.1 Å². The molecule has 19 heavy (non-hydrogen) atoms. The molecule has 0 aromatic heterocycles. The van der Waals surface area contributed by atoms with Crippen LogP contribution in [0.3, 0.4) is 0 Å². The second-order valence-electron chi connectivity index (χ2n) is 5.18. The molecule has 0 amide bonds. The van der Waals surface area contributed by atoms with Crippen LogP contribution in [0.2, 0.25) is 0 Å². The molecular weight excluding hydrogens is 230 g/mol. The van der Waals surface area contributed by atoms with Crippen LogP contribution in [0.1, 0.15) is 48.1 Å². The van der Waals surface area contributed by atoms with E-state index in [4.69, 9.17) is 5.73 Å². The fraction of sp³-hybridized carbons (Fsp3) is 0.333. The molecule has 1 heteroatoms. The van der Waals surface area contributed by atoms with Gasteiger partial charge in [-0.15, -0.1) is 0 Å². The third-order valence-electron chi connectivity index (χ3n) is 3.68. The van der Waals surface area contributed by atoms with E-state index in [2.05, 4.69) is 62.4 Å². The average molecular weight is 253 g/mol. The van der Waals surface area contributed by atoms with Gasteiger partial charge in [0.05, 0.1) is 6.04 Å². The molecule has 0 radical (unpaired) electrons. The van der Waals surface area contributed by atoms with Gasteiger partial charge in [0.2, 0.25) is 0 Å². The van der Waals surface area contributed by atoms with E-state index in [1.807, 2.05) is 0 Å². The minimum atomic E-state index is -0.0265. The topological polar surface area (TPSA) is 26.0 Å². The summed E-state index contributed by atoms with van der Waals surface area (Å²) in [5, 5.41) is 0. The highest BCUT2D eigenvalue weighted by Gasteiger charge is 2.10. The van der Waals surface area contributed by atoms with Crippen molar-refractivity contribution in [3.8, 4) is 0 Å². The highest BCUT2D eigenvalue weighted by atomic mass is 14.6. The lowest BCUT2D eigenvalue weighted by Gasteiger charge is -2.15.